The Balaban J connectivity index is 1.80. The number of nitrogens with one attached hydrogen (secondary N) is 1. The summed E-state index contributed by atoms with van der Waals surface area (Å²) in [6.07, 6.45) is 24.0. The molecule has 0 bridgehead atoms. The molecule has 0 aliphatic carbocycles. The van der Waals surface area contributed by atoms with Gasteiger partial charge in [-0.3, -0.25) is 4.79 Å². The fourth-order valence-corrected chi connectivity index (χ4v) is 3.56. The maximum Gasteiger partial charge on any atom is 0.252 e. The summed E-state index contributed by atoms with van der Waals surface area (Å²) in [7, 11) is 0. The minimum Gasteiger partial charge on any atom is -0.394 e. The molecule has 1 fully saturated rings. The molecule has 0 saturated carbocycles. The second-order valence-electron chi connectivity index (χ2n) is 8.41. The van der Waals surface area contributed by atoms with Crippen LogP contribution in [0.2, 0.25) is 0 Å². The van der Waals surface area contributed by atoms with Crippen LogP contribution in [0.4, 0.5) is 0 Å². The standard InChI is InChI=1S/C24H45NO3/c1-3-4-5-6-7-8-9-10-11-12-13-14-15-16-17-18-19-22-23(28-22)24(27)25-21(2)20-26/h16-17,21-23,26H,3-15,18-20H2,1-2H3,(H,25,27)/b17-16+/t21-,22?,23?/m1/s1. The summed E-state index contributed by atoms with van der Waals surface area (Å²) < 4.78 is 5.42. The van der Waals surface area contributed by atoms with Crippen LogP contribution in [0.1, 0.15) is 110 Å². The third-order valence-electron chi connectivity index (χ3n) is 5.51. The van der Waals surface area contributed by atoms with Gasteiger partial charge in [0.25, 0.3) is 5.91 Å². The summed E-state index contributed by atoms with van der Waals surface area (Å²) >= 11 is 0. The van der Waals surface area contributed by atoms with Gasteiger partial charge in [0, 0.05) is 6.04 Å². The van der Waals surface area contributed by atoms with E-state index in [0.717, 1.165) is 12.8 Å². The van der Waals surface area contributed by atoms with Crippen LogP contribution in [-0.4, -0.2) is 35.9 Å². The molecule has 28 heavy (non-hydrogen) atoms. The number of amides is 1. The Morgan fingerprint density at radius 2 is 1.46 bits per heavy atom. The van der Waals surface area contributed by atoms with E-state index in [1.807, 2.05) is 0 Å². The molecular formula is C24H45NO3. The summed E-state index contributed by atoms with van der Waals surface area (Å²) in [6, 6.07) is -0.201. The van der Waals surface area contributed by atoms with Crippen molar-refractivity contribution in [1.29, 1.82) is 0 Å². The summed E-state index contributed by atoms with van der Waals surface area (Å²) in [6.45, 7) is 4.02. The maximum absolute atomic E-state index is 11.8. The van der Waals surface area contributed by atoms with Crippen molar-refractivity contribution < 1.29 is 14.6 Å². The van der Waals surface area contributed by atoms with Crippen LogP contribution in [0, 0.1) is 0 Å². The van der Waals surface area contributed by atoms with E-state index in [2.05, 4.69) is 24.4 Å². The second kappa shape index (κ2) is 17.0. The van der Waals surface area contributed by atoms with Crippen molar-refractivity contribution in [2.24, 2.45) is 0 Å². The highest BCUT2D eigenvalue weighted by molar-refractivity contribution is 5.83. The number of aliphatic hydroxyl groups excluding tert-OH is 1. The number of unbranched alkanes of at least 4 members (excludes halogenated alkanes) is 12. The average Bonchev–Trinajstić information content (AvgIpc) is 3.47. The molecule has 4 heteroatoms. The smallest absolute Gasteiger partial charge is 0.252 e. The second-order valence-corrected chi connectivity index (χ2v) is 8.41. The van der Waals surface area contributed by atoms with E-state index in [0.29, 0.717) is 0 Å². The Morgan fingerprint density at radius 1 is 0.929 bits per heavy atom. The third kappa shape index (κ3) is 13.3. The molecule has 1 aliphatic rings. The summed E-state index contributed by atoms with van der Waals surface area (Å²) in [5.41, 5.74) is 0. The van der Waals surface area contributed by atoms with E-state index in [9.17, 15) is 4.79 Å². The highest BCUT2D eigenvalue weighted by atomic mass is 16.6. The Morgan fingerprint density at radius 3 is 2.04 bits per heavy atom. The minimum absolute atomic E-state index is 0.0367. The van der Waals surface area contributed by atoms with Gasteiger partial charge in [-0.05, 0) is 32.6 Å². The van der Waals surface area contributed by atoms with Crippen molar-refractivity contribution in [2.45, 2.75) is 128 Å². The Bertz CT molecular complexity index is 411. The molecule has 3 atom stereocenters. The number of hydrogen-bond acceptors (Lipinski definition) is 3. The third-order valence-corrected chi connectivity index (χ3v) is 5.51. The molecule has 0 radical (unpaired) electrons. The normalized spacial score (nSPS) is 19.8. The van der Waals surface area contributed by atoms with Gasteiger partial charge in [-0.1, -0.05) is 89.7 Å². The number of carbonyl (C=O) groups excluding carboxylic acids is 1. The van der Waals surface area contributed by atoms with Gasteiger partial charge < -0.3 is 15.2 Å². The number of hydrogen-bond donors (Lipinski definition) is 2. The number of rotatable bonds is 19. The summed E-state index contributed by atoms with van der Waals surface area (Å²) in [5.74, 6) is -0.0907. The molecular weight excluding hydrogens is 350 g/mol. The van der Waals surface area contributed by atoms with E-state index in [1.54, 1.807) is 6.92 Å². The predicted octanol–water partition coefficient (Wildman–Crippen LogP) is 5.68. The number of aliphatic hydroxyl groups is 1. The van der Waals surface area contributed by atoms with Gasteiger partial charge in [-0.25, -0.2) is 0 Å². The lowest BCUT2D eigenvalue weighted by Gasteiger charge is -2.08. The zero-order chi connectivity index (χ0) is 20.5. The number of ether oxygens (including phenoxy) is 1. The van der Waals surface area contributed by atoms with E-state index in [4.69, 9.17) is 9.84 Å². The first-order chi connectivity index (χ1) is 13.7. The van der Waals surface area contributed by atoms with Crippen LogP contribution in [-0.2, 0) is 9.53 Å². The molecule has 1 heterocycles. The van der Waals surface area contributed by atoms with Gasteiger partial charge >= 0.3 is 0 Å². The van der Waals surface area contributed by atoms with Crippen molar-refractivity contribution in [1.82, 2.24) is 5.32 Å². The topological polar surface area (TPSA) is 61.9 Å². The van der Waals surface area contributed by atoms with Crippen molar-refractivity contribution in [3.05, 3.63) is 12.2 Å². The molecule has 0 aromatic carbocycles. The first-order valence-corrected chi connectivity index (χ1v) is 11.9. The van der Waals surface area contributed by atoms with Crippen molar-refractivity contribution >= 4 is 5.91 Å². The molecule has 2 unspecified atom stereocenters. The first kappa shape index (κ1) is 25.2. The Labute approximate surface area is 173 Å². The lowest BCUT2D eigenvalue weighted by molar-refractivity contribution is -0.123. The van der Waals surface area contributed by atoms with E-state index in [1.165, 1.54) is 83.5 Å². The fourth-order valence-electron chi connectivity index (χ4n) is 3.56. The molecule has 1 aliphatic heterocycles. The molecule has 0 aromatic heterocycles. The number of allylic oxidation sites excluding steroid dienone is 2. The summed E-state index contributed by atoms with van der Waals surface area (Å²) in [4.78, 5) is 11.8. The largest absolute Gasteiger partial charge is 0.394 e. The van der Waals surface area contributed by atoms with Crippen LogP contribution >= 0.6 is 0 Å². The van der Waals surface area contributed by atoms with Gasteiger partial charge in [0.2, 0.25) is 0 Å². The highest BCUT2D eigenvalue weighted by Crippen LogP contribution is 2.27. The fraction of sp³-hybridized carbons (Fsp3) is 0.875. The van der Waals surface area contributed by atoms with Gasteiger partial charge in [-0.15, -0.1) is 0 Å². The van der Waals surface area contributed by atoms with E-state index >= 15 is 0 Å². The lowest BCUT2D eigenvalue weighted by Crippen LogP contribution is -2.38. The lowest BCUT2D eigenvalue weighted by atomic mass is 10.0. The zero-order valence-electron chi connectivity index (χ0n) is 18.5. The van der Waals surface area contributed by atoms with Gasteiger partial charge in [-0.2, -0.15) is 0 Å². The Kier molecular flexibility index (Phi) is 15.3. The number of carbonyl (C=O) groups is 1. The van der Waals surface area contributed by atoms with Gasteiger partial charge in [0.05, 0.1) is 12.7 Å². The highest BCUT2D eigenvalue weighted by Gasteiger charge is 2.44. The van der Waals surface area contributed by atoms with Crippen LogP contribution in [0.5, 0.6) is 0 Å². The van der Waals surface area contributed by atoms with E-state index < -0.39 is 0 Å². The number of epoxide rings is 1. The monoisotopic (exact) mass is 395 g/mol. The molecule has 1 amide bonds. The molecule has 1 saturated heterocycles. The molecule has 1 rings (SSSR count). The van der Waals surface area contributed by atoms with Crippen LogP contribution in [0.3, 0.4) is 0 Å². The zero-order valence-corrected chi connectivity index (χ0v) is 18.5. The SMILES string of the molecule is CCCCCCCCCCCCCC/C=C/CCC1OC1C(=O)N[C@H](C)CO. The van der Waals surface area contributed by atoms with Gasteiger partial charge in [0.1, 0.15) is 0 Å². The average molecular weight is 396 g/mol. The van der Waals surface area contributed by atoms with Gasteiger partial charge in [0.15, 0.2) is 6.10 Å². The molecule has 0 spiro atoms. The minimum atomic E-state index is -0.307. The van der Waals surface area contributed by atoms with Crippen molar-refractivity contribution in [3.63, 3.8) is 0 Å². The molecule has 2 N–H and O–H groups in total. The first-order valence-electron chi connectivity index (χ1n) is 11.9. The van der Waals surface area contributed by atoms with Crippen molar-refractivity contribution in [2.75, 3.05) is 6.61 Å². The van der Waals surface area contributed by atoms with Crippen molar-refractivity contribution in [3.8, 4) is 0 Å². The molecule has 0 aromatic rings. The quantitative estimate of drug-likeness (QED) is 0.168. The predicted molar refractivity (Wildman–Crippen MR) is 117 cm³/mol. The summed E-state index contributed by atoms with van der Waals surface area (Å²) in [5, 5.41) is 11.7. The molecule has 164 valence electrons. The van der Waals surface area contributed by atoms with Crippen LogP contribution in [0.15, 0.2) is 12.2 Å². The molecule has 4 nitrogen and oxygen atoms in total. The van der Waals surface area contributed by atoms with Crippen LogP contribution in [0.25, 0.3) is 0 Å². The Hall–Kier alpha value is -0.870. The van der Waals surface area contributed by atoms with E-state index in [-0.39, 0.29) is 30.8 Å². The van der Waals surface area contributed by atoms with Crippen LogP contribution < -0.4 is 5.32 Å². The maximum atomic E-state index is 11.8.